The number of aromatic nitrogens is 2. The van der Waals surface area contributed by atoms with E-state index in [9.17, 15) is 18.0 Å². The van der Waals surface area contributed by atoms with E-state index in [1.807, 2.05) is 12.2 Å². The minimum Gasteiger partial charge on any atom is -0.335 e. The fourth-order valence-corrected chi connectivity index (χ4v) is 2.52. The SMILES string of the molecule is O=C(c1cn[nH]c1-c1cccc(C(F)(F)F)c1)N1CC=CCC1. The predicted molar refractivity (Wildman–Crippen MR) is 78.7 cm³/mol. The van der Waals surface area contributed by atoms with Crippen molar-refractivity contribution in [1.82, 2.24) is 15.1 Å². The summed E-state index contributed by atoms with van der Waals surface area (Å²) in [4.78, 5) is 14.2. The number of halogens is 3. The summed E-state index contributed by atoms with van der Waals surface area (Å²) < 4.78 is 38.6. The van der Waals surface area contributed by atoms with Gasteiger partial charge >= 0.3 is 6.18 Å². The fraction of sp³-hybridized carbons (Fsp3) is 0.250. The van der Waals surface area contributed by atoms with Gasteiger partial charge in [0.05, 0.1) is 23.0 Å². The number of rotatable bonds is 2. The Labute approximate surface area is 130 Å². The lowest BCUT2D eigenvalue weighted by Crippen LogP contribution is -2.33. The molecule has 0 atom stereocenters. The lowest BCUT2D eigenvalue weighted by Gasteiger charge is -2.23. The highest BCUT2D eigenvalue weighted by molar-refractivity contribution is 5.99. The number of benzene rings is 1. The molecule has 7 heteroatoms. The van der Waals surface area contributed by atoms with Gasteiger partial charge in [0, 0.05) is 18.7 Å². The second kappa shape index (κ2) is 5.91. The smallest absolute Gasteiger partial charge is 0.335 e. The molecule has 23 heavy (non-hydrogen) atoms. The van der Waals surface area contributed by atoms with Gasteiger partial charge < -0.3 is 4.90 Å². The molecule has 120 valence electrons. The summed E-state index contributed by atoms with van der Waals surface area (Å²) in [6.45, 7) is 1.08. The minimum absolute atomic E-state index is 0.240. The molecular formula is C16H14F3N3O. The average Bonchev–Trinajstić information content (AvgIpc) is 3.04. The van der Waals surface area contributed by atoms with Crippen LogP contribution in [0.5, 0.6) is 0 Å². The molecule has 2 aromatic rings. The van der Waals surface area contributed by atoms with E-state index in [4.69, 9.17) is 0 Å². The number of nitrogens with one attached hydrogen (secondary N) is 1. The lowest BCUT2D eigenvalue weighted by atomic mass is 10.0. The van der Waals surface area contributed by atoms with Crippen LogP contribution in [0.2, 0.25) is 0 Å². The van der Waals surface area contributed by atoms with Gasteiger partial charge in [-0.25, -0.2) is 0 Å². The van der Waals surface area contributed by atoms with Gasteiger partial charge in [-0.2, -0.15) is 18.3 Å². The van der Waals surface area contributed by atoms with Crippen molar-refractivity contribution < 1.29 is 18.0 Å². The molecular weight excluding hydrogens is 307 g/mol. The Morgan fingerprint density at radius 3 is 2.78 bits per heavy atom. The van der Waals surface area contributed by atoms with Crippen LogP contribution in [0.1, 0.15) is 22.3 Å². The Morgan fingerprint density at radius 2 is 2.09 bits per heavy atom. The van der Waals surface area contributed by atoms with Crippen LogP contribution in [0, 0.1) is 0 Å². The number of hydrogen-bond acceptors (Lipinski definition) is 2. The molecule has 0 fully saturated rings. The maximum atomic E-state index is 12.9. The van der Waals surface area contributed by atoms with Crippen LogP contribution < -0.4 is 0 Å². The molecule has 3 rings (SSSR count). The van der Waals surface area contributed by atoms with Crippen LogP contribution in [-0.2, 0) is 6.18 Å². The summed E-state index contributed by atoms with van der Waals surface area (Å²) in [6, 6.07) is 4.85. The van der Waals surface area contributed by atoms with Gasteiger partial charge in [-0.3, -0.25) is 9.89 Å². The Balaban J connectivity index is 1.95. The zero-order chi connectivity index (χ0) is 16.4. The number of carbonyl (C=O) groups is 1. The summed E-state index contributed by atoms with van der Waals surface area (Å²) in [5, 5.41) is 6.47. The number of carbonyl (C=O) groups excluding carboxylic acids is 1. The van der Waals surface area contributed by atoms with Crippen LogP contribution in [0.15, 0.2) is 42.6 Å². The molecule has 1 aliphatic heterocycles. The molecule has 0 saturated heterocycles. The summed E-state index contributed by atoms with van der Waals surface area (Å²) in [7, 11) is 0. The van der Waals surface area contributed by atoms with Crippen molar-refractivity contribution in [2.45, 2.75) is 12.6 Å². The van der Waals surface area contributed by atoms with Crippen LogP contribution in [0.3, 0.4) is 0 Å². The molecule has 0 spiro atoms. The van der Waals surface area contributed by atoms with Crippen molar-refractivity contribution in [3.63, 3.8) is 0 Å². The van der Waals surface area contributed by atoms with Gasteiger partial charge in [-0.05, 0) is 18.6 Å². The van der Waals surface area contributed by atoms with Crippen LogP contribution >= 0.6 is 0 Å². The third kappa shape index (κ3) is 3.13. The highest BCUT2D eigenvalue weighted by atomic mass is 19.4. The molecule has 1 amide bonds. The van der Waals surface area contributed by atoms with Gasteiger partial charge in [0.1, 0.15) is 0 Å². The molecule has 0 saturated carbocycles. The normalized spacial score (nSPS) is 15.0. The third-order valence-electron chi connectivity index (χ3n) is 3.69. The molecule has 1 N–H and O–H groups in total. The van der Waals surface area contributed by atoms with Gasteiger partial charge in [-0.1, -0.05) is 24.3 Å². The van der Waals surface area contributed by atoms with E-state index in [2.05, 4.69) is 10.2 Å². The molecule has 0 unspecified atom stereocenters. The largest absolute Gasteiger partial charge is 0.416 e. The van der Waals surface area contributed by atoms with E-state index in [1.54, 1.807) is 4.90 Å². The monoisotopic (exact) mass is 321 g/mol. The van der Waals surface area contributed by atoms with E-state index < -0.39 is 11.7 Å². The summed E-state index contributed by atoms with van der Waals surface area (Å²) in [5.41, 5.74) is 0.104. The molecule has 0 bridgehead atoms. The number of H-pyrrole nitrogens is 1. The lowest BCUT2D eigenvalue weighted by molar-refractivity contribution is -0.137. The van der Waals surface area contributed by atoms with Gasteiger partial charge in [0.2, 0.25) is 0 Å². The highest BCUT2D eigenvalue weighted by Crippen LogP contribution is 2.32. The second-order valence-electron chi connectivity index (χ2n) is 5.25. The minimum atomic E-state index is -4.43. The molecule has 1 aliphatic rings. The Bertz CT molecular complexity index is 749. The zero-order valence-electron chi connectivity index (χ0n) is 12.1. The first-order valence-electron chi connectivity index (χ1n) is 7.12. The second-order valence-corrected chi connectivity index (χ2v) is 5.25. The number of amides is 1. The fourth-order valence-electron chi connectivity index (χ4n) is 2.52. The first-order chi connectivity index (χ1) is 11.0. The van der Waals surface area contributed by atoms with Gasteiger partial charge in [0.25, 0.3) is 5.91 Å². The van der Waals surface area contributed by atoms with Crippen LogP contribution in [0.4, 0.5) is 13.2 Å². The number of hydrogen-bond donors (Lipinski definition) is 1. The topological polar surface area (TPSA) is 49.0 Å². The first kappa shape index (κ1) is 15.3. The van der Waals surface area contributed by atoms with Crippen LogP contribution in [0.25, 0.3) is 11.3 Å². The van der Waals surface area contributed by atoms with Crippen molar-refractivity contribution in [2.75, 3.05) is 13.1 Å². The Hall–Kier alpha value is -2.57. The standard InChI is InChI=1S/C16H14F3N3O/c17-16(18,19)12-6-4-5-11(9-12)14-13(10-20-21-14)15(23)22-7-2-1-3-8-22/h1-2,4-6,9-10H,3,7-8H2,(H,20,21). The molecule has 2 heterocycles. The zero-order valence-corrected chi connectivity index (χ0v) is 12.1. The maximum Gasteiger partial charge on any atom is 0.416 e. The maximum absolute atomic E-state index is 12.9. The van der Waals surface area contributed by atoms with Gasteiger partial charge in [-0.15, -0.1) is 0 Å². The Kier molecular flexibility index (Phi) is 3.94. The van der Waals surface area contributed by atoms with E-state index in [-0.39, 0.29) is 17.0 Å². The summed E-state index contributed by atoms with van der Waals surface area (Å²) >= 11 is 0. The summed E-state index contributed by atoms with van der Waals surface area (Å²) in [5.74, 6) is -0.240. The van der Waals surface area contributed by atoms with Crippen molar-refractivity contribution >= 4 is 5.91 Å². The number of aromatic amines is 1. The van der Waals surface area contributed by atoms with E-state index in [1.165, 1.54) is 18.3 Å². The molecule has 1 aromatic carbocycles. The van der Waals surface area contributed by atoms with Crippen LogP contribution in [-0.4, -0.2) is 34.1 Å². The molecule has 0 radical (unpaired) electrons. The van der Waals surface area contributed by atoms with E-state index in [0.29, 0.717) is 18.8 Å². The quantitative estimate of drug-likeness (QED) is 0.861. The van der Waals surface area contributed by atoms with Crippen molar-refractivity contribution in [1.29, 1.82) is 0 Å². The molecule has 4 nitrogen and oxygen atoms in total. The highest BCUT2D eigenvalue weighted by Gasteiger charge is 2.31. The Morgan fingerprint density at radius 1 is 1.26 bits per heavy atom. The molecule has 0 aliphatic carbocycles. The third-order valence-corrected chi connectivity index (χ3v) is 3.69. The van der Waals surface area contributed by atoms with E-state index >= 15 is 0 Å². The van der Waals surface area contributed by atoms with Crippen molar-refractivity contribution in [2.24, 2.45) is 0 Å². The number of nitrogens with zero attached hydrogens (tertiary/aromatic N) is 2. The molecule has 1 aromatic heterocycles. The summed E-state index contributed by atoms with van der Waals surface area (Å²) in [6.07, 6.45) is 1.58. The van der Waals surface area contributed by atoms with Crippen molar-refractivity contribution in [3.05, 3.63) is 53.7 Å². The first-order valence-corrected chi connectivity index (χ1v) is 7.12. The number of alkyl halides is 3. The van der Waals surface area contributed by atoms with Gasteiger partial charge in [0.15, 0.2) is 0 Å². The van der Waals surface area contributed by atoms with E-state index in [0.717, 1.165) is 18.6 Å². The predicted octanol–water partition coefficient (Wildman–Crippen LogP) is 3.50. The van der Waals surface area contributed by atoms with Crippen molar-refractivity contribution in [3.8, 4) is 11.3 Å². The average molecular weight is 321 g/mol.